The van der Waals surface area contributed by atoms with Crippen LogP contribution in [0.5, 0.6) is 5.75 Å². The van der Waals surface area contributed by atoms with Gasteiger partial charge in [0.15, 0.2) is 16.1 Å². The summed E-state index contributed by atoms with van der Waals surface area (Å²) in [4.78, 5) is 16.8. The Hall–Kier alpha value is -2.80. The maximum Gasteiger partial charge on any atom is 0.416 e. The molecule has 0 radical (unpaired) electrons. The topological polar surface area (TPSA) is 81.9 Å². The lowest BCUT2D eigenvalue weighted by molar-refractivity contribution is -0.137. The number of benzene rings is 2. The van der Waals surface area contributed by atoms with Crippen LogP contribution in [0, 0.1) is 0 Å². The number of nitrogens with zero attached hydrogens (tertiary/aromatic N) is 4. The molecule has 0 saturated carbocycles. The van der Waals surface area contributed by atoms with E-state index in [9.17, 15) is 18.0 Å². The minimum absolute atomic E-state index is 0.0388. The Labute approximate surface area is 221 Å². The van der Waals surface area contributed by atoms with Crippen molar-refractivity contribution in [3.8, 4) is 17.0 Å². The maximum atomic E-state index is 12.9. The van der Waals surface area contributed by atoms with E-state index in [2.05, 4.69) is 20.5 Å². The van der Waals surface area contributed by atoms with Crippen molar-refractivity contribution in [1.29, 1.82) is 0 Å². The van der Waals surface area contributed by atoms with Gasteiger partial charge in [0.25, 0.3) is 0 Å². The molecule has 1 N–H and O–H groups in total. The molecule has 0 aliphatic carbocycles. The van der Waals surface area contributed by atoms with Crippen molar-refractivity contribution in [3.05, 3.63) is 69.3 Å². The summed E-state index contributed by atoms with van der Waals surface area (Å²) >= 11 is 14.5. The zero-order chi connectivity index (χ0) is 25.9. The first-order chi connectivity index (χ1) is 17.1. The van der Waals surface area contributed by atoms with Crippen molar-refractivity contribution in [3.63, 3.8) is 0 Å². The molecule has 36 heavy (non-hydrogen) atoms. The van der Waals surface area contributed by atoms with Crippen molar-refractivity contribution in [2.45, 2.75) is 17.9 Å². The van der Waals surface area contributed by atoms with Crippen LogP contribution in [-0.2, 0) is 24.6 Å². The molecule has 0 aliphatic rings. The van der Waals surface area contributed by atoms with E-state index in [1.54, 1.807) is 35.2 Å². The summed E-state index contributed by atoms with van der Waals surface area (Å²) in [5.74, 6) is 0.188. The number of carbonyl (C=O) groups excluding carboxylic acids is 1. The van der Waals surface area contributed by atoms with E-state index >= 15 is 0 Å². The Bertz CT molecular complexity index is 1390. The van der Waals surface area contributed by atoms with E-state index in [-0.39, 0.29) is 24.0 Å². The number of rotatable bonds is 8. The van der Waals surface area contributed by atoms with Gasteiger partial charge in [-0.2, -0.15) is 13.2 Å². The predicted molar refractivity (Wildman–Crippen MR) is 134 cm³/mol. The Morgan fingerprint density at radius 3 is 2.75 bits per heavy atom. The largest absolute Gasteiger partial charge is 0.486 e. The number of anilines is 1. The predicted octanol–water partition coefficient (Wildman–Crippen LogP) is 6.57. The first-order valence-corrected chi connectivity index (χ1v) is 12.7. The highest BCUT2D eigenvalue weighted by Crippen LogP contribution is 2.33. The molecule has 14 heteroatoms. The summed E-state index contributed by atoms with van der Waals surface area (Å²) in [7, 11) is 1.67. The highest BCUT2D eigenvalue weighted by molar-refractivity contribution is 7.99. The number of hydrogen-bond donors (Lipinski definition) is 1. The molecule has 0 aliphatic heterocycles. The van der Waals surface area contributed by atoms with Crippen LogP contribution >= 0.6 is 46.3 Å². The van der Waals surface area contributed by atoms with Gasteiger partial charge in [-0.3, -0.25) is 4.79 Å². The van der Waals surface area contributed by atoms with E-state index in [0.717, 1.165) is 23.9 Å². The van der Waals surface area contributed by atoms with Gasteiger partial charge in [0.1, 0.15) is 12.4 Å². The van der Waals surface area contributed by atoms with E-state index in [0.29, 0.717) is 37.4 Å². The van der Waals surface area contributed by atoms with Gasteiger partial charge in [-0.15, -0.1) is 21.5 Å². The molecular weight excluding hydrogens is 558 g/mol. The van der Waals surface area contributed by atoms with Crippen LogP contribution in [0.3, 0.4) is 0 Å². The molecule has 7 nitrogen and oxygen atoms in total. The van der Waals surface area contributed by atoms with E-state index in [1.807, 2.05) is 0 Å². The van der Waals surface area contributed by atoms with Crippen LogP contribution < -0.4 is 10.1 Å². The van der Waals surface area contributed by atoms with E-state index in [4.69, 9.17) is 27.9 Å². The minimum Gasteiger partial charge on any atom is -0.486 e. The molecule has 4 rings (SSSR count). The van der Waals surface area contributed by atoms with Crippen LogP contribution in [-0.4, -0.2) is 31.4 Å². The molecule has 4 aromatic rings. The van der Waals surface area contributed by atoms with Gasteiger partial charge in [-0.05, 0) is 36.4 Å². The summed E-state index contributed by atoms with van der Waals surface area (Å²) in [5.41, 5.74) is 0.512. The molecule has 0 saturated heterocycles. The lowest BCUT2D eigenvalue weighted by atomic mass is 10.2. The fraction of sp³-hybridized carbons (Fsp3) is 0.182. The molecule has 0 unspecified atom stereocenters. The summed E-state index contributed by atoms with van der Waals surface area (Å²) in [6.07, 6.45) is -4.46. The van der Waals surface area contributed by atoms with Crippen molar-refractivity contribution in [1.82, 2.24) is 19.7 Å². The van der Waals surface area contributed by atoms with Crippen LogP contribution in [0.25, 0.3) is 11.3 Å². The zero-order valence-electron chi connectivity index (χ0n) is 18.3. The Morgan fingerprint density at radius 2 is 2.00 bits per heavy atom. The lowest BCUT2D eigenvalue weighted by Gasteiger charge is -2.10. The van der Waals surface area contributed by atoms with Crippen molar-refractivity contribution >= 4 is 57.3 Å². The van der Waals surface area contributed by atoms with Gasteiger partial charge in [-0.1, -0.05) is 41.0 Å². The molecule has 1 amide bonds. The number of halogens is 5. The first kappa shape index (κ1) is 26.3. The average Bonchev–Trinajstić information content (AvgIpc) is 3.42. The normalized spacial score (nSPS) is 11.5. The second-order valence-corrected chi connectivity index (χ2v) is 9.92. The molecule has 2 heterocycles. The molecule has 188 valence electrons. The minimum atomic E-state index is -4.46. The Morgan fingerprint density at radius 1 is 1.19 bits per heavy atom. The smallest absolute Gasteiger partial charge is 0.416 e. The second-order valence-electron chi connectivity index (χ2n) is 7.27. The SMILES string of the molecule is Cn1c(COc2cccc(C(F)(F)F)c2)nnc1SCC(=O)Nc1nc(-c2ccc(Cl)cc2Cl)cs1. The fourth-order valence-corrected chi connectivity index (χ4v) is 4.91. The summed E-state index contributed by atoms with van der Waals surface area (Å²) in [6.45, 7) is -0.0906. The quantitative estimate of drug-likeness (QED) is 0.240. The standard InChI is InChI=1S/C22H16Cl2F3N5O2S2/c1-32-18(9-34-14-4-2-3-12(7-14)22(25,26)27)30-31-21(32)36-11-19(33)29-20-28-17(10-35-20)15-6-5-13(23)8-16(15)24/h2-8,10H,9,11H2,1H3,(H,28,29,33). The highest BCUT2D eigenvalue weighted by Gasteiger charge is 2.30. The first-order valence-electron chi connectivity index (χ1n) is 10.1. The Balaban J connectivity index is 1.31. The molecule has 2 aromatic carbocycles. The van der Waals surface area contributed by atoms with E-state index in [1.165, 1.54) is 23.5 Å². The van der Waals surface area contributed by atoms with Crippen LogP contribution in [0.1, 0.15) is 11.4 Å². The third-order valence-electron chi connectivity index (χ3n) is 4.74. The van der Waals surface area contributed by atoms with Crippen LogP contribution in [0.2, 0.25) is 10.0 Å². The number of carbonyl (C=O) groups is 1. The van der Waals surface area contributed by atoms with Crippen molar-refractivity contribution < 1.29 is 22.7 Å². The number of alkyl halides is 3. The summed E-state index contributed by atoms with van der Waals surface area (Å²) in [5, 5.41) is 14.3. The van der Waals surface area contributed by atoms with Gasteiger partial charge in [0.2, 0.25) is 5.91 Å². The summed E-state index contributed by atoms with van der Waals surface area (Å²) in [6, 6.07) is 9.66. The molecule has 0 fully saturated rings. The zero-order valence-corrected chi connectivity index (χ0v) is 21.5. The van der Waals surface area contributed by atoms with Gasteiger partial charge in [0, 0.05) is 23.0 Å². The maximum absolute atomic E-state index is 12.9. The lowest BCUT2D eigenvalue weighted by Crippen LogP contribution is -2.14. The number of thiazole rings is 1. The second kappa shape index (κ2) is 11.1. The third kappa shape index (κ3) is 6.49. The van der Waals surface area contributed by atoms with Crippen LogP contribution in [0.4, 0.5) is 18.3 Å². The molecule has 0 bridgehead atoms. The number of amides is 1. The van der Waals surface area contributed by atoms with Gasteiger partial charge in [0.05, 0.1) is 22.0 Å². The number of hydrogen-bond acceptors (Lipinski definition) is 7. The van der Waals surface area contributed by atoms with Gasteiger partial charge < -0.3 is 14.6 Å². The molecule has 0 atom stereocenters. The van der Waals surface area contributed by atoms with Crippen molar-refractivity contribution in [2.75, 3.05) is 11.1 Å². The summed E-state index contributed by atoms with van der Waals surface area (Å²) < 4.78 is 45.6. The molecular formula is C22H16Cl2F3N5O2S2. The van der Waals surface area contributed by atoms with Gasteiger partial charge in [-0.25, -0.2) is 4.98 Å². The Kier molecular flexibility index (Phi) is 8.08. The monoisotopic (exact) mass is 573 g/mol. The average molecular weight is 574 g/mol. The molecule has 0 spiro atoms. The van der Waals surface area contributed by atoms with Gasteiger partial charge >= 0.3 is 6.18 Å². The van der Waals surface area contributed by atoms with Crippen LogP contribution in [0.15, 0.2) is 53.0 Å². The highest BCUT2D eigenvalue weighted by atomic mass is 35.5. The van der Waals surface area contributed by atoms with E-state index < -0.39 is 11.7 Å². The fourth-order valence-electron chi connectivity index (χ4n) is 2.94. The number of nitrogens with one attached hydrogen (secondary N) is 1. The van der Waals surface area contributed by atoms with Crippen molar-refractivity contribution in [2.24, 2.45) is 7.05 Å². The number of thioether (sulfide) groups is 1. The number of ether oxygens (including phenoxy) is 1. The third-order valence-corrected chi connectivity index (χ3v) is 7.07. The molecule has 2 aromatic heterocycles. The number of aromatic nitrogens is 4.